The Morgan fingerprint density at radius 1 is 1.15 bits per heavy atom. The van der Waals surface area contributed by atoms with Gasteiger partial charge >= 0.3 is 12.1 Å². The molecule has 0 saturated heterocycles. The zero-order chi connectivity index (χ0) is 20.0. The van der Waals surface area contributed by atoms with E-state index in [2.05, 4.69) is 5.32 Å². The highest BCUT2D eigenvalue weighted by Crippen LogP contribution is 2.34. The molecule has 0 radical (unpaired) electrons. The fourth-order valence-electron chi connectivity index (χ4n) is 2.19. The first kappa shape index (κ1) is 20.5. The molecule has 0 aliphatic heterocycles. The van der Waals surface area contributed by atoms with Gasteiger partial charge in [-0.3, -0.25) is 4.79 Å². The number of carbonyl (C=O) groups excluding carboxylic acids is 2. The van der Waals surface area contributed by atoms with Crippen molar-refractivity contribution in [3.8, 4) is 0 Å². The minimum atomic E-state index is -4.60. The Labute approximate surface area is 158 Å². The van der Waals surface area contributed by atoms with Crippen molar-refractivity contribution in [2.24, 2.45) is 0 Å². The molecule has 0 aliphatic rings. The van der Waals surface area contributed by atoms with E-state index < -0.39 is 29.7 Å². The molecule has 0 fully saturated rings. The smallest absolute Gasteiger partial charge is 0.416 e. The standard InChI is InChI=1S/C19H15ClF3NO3/c1-2-6-16(25)27-17(12-7-4-3-5-8-12)18(26)24-15-11-13(19(21,22)23)9-10-14(15)20/h2-11,17H,1H3,(H,24,26)/b6-2+/t17-/m0/s1. The van der Waals surface area contributed by atoms with Gasteiger partial charge in [-0.1, -0.05) is 48.0 Å². The Morgan fingerprint density at radius 2 is 1.81 bits per heavy atom. The highest BCUT2D eigenvalue weighted by molar-refractivity contribution is 6.33. The molecule has 0 saturated carbocycles. The third-order valence-electron chi connectivity index (χ3n) is 3.43. The Kier molecular flexibility index (Phi) is 6.63. The fourth-order valence-corrected chi connectivity index (χ4v) is 2.35. The van der Waals surface area contributed by atoms with Gasteiger partial charge in [-0.05, 0) is 25.1 Å². The summed E-state index contributed by atoms with van der Waals surface area (Å²) >= 11 is 5.90. The molecule has 2 rings (SSSR count). The second-order valence-corrected chi connectivity index (χ2v) is 5.82. The number of allylic oxidation sites excluding steroid dienone is 1. The zero-order valence-corrected chi connectivity index (χ0v) is 14.8. The summed E-state index contributed by atoms with van der Waals surface area (Å²) in [7, 11) is 0. The summed E-state index contributed by atoms with van der Waals surface area (Å²) in [6.45, 7) is 1.60. The minimum absolute atomic E-state index is 0.0806. The van der Waals surface area contributed by atoms with E-state index in [4.69, 9.17) is 16.3 Å². The Morgan fingerprint density at radius 3 is 2.41 bits per heavy atom. The Hall–Kier alpha value is -2.80. The third kappa shape index (κ3) is 5.59. The summed E-state index contributed by atoms with van der Waals surface area (Å²) in [6, 6.07) is 10.6. The van der Waals surface area contributed by atoms with Gasteiger partial charge in [-0.15, -0.1) is 0 Å². The molecule has 0 heterocycles. The molecular formula is C19H15ClF3NO3. The van der Waals surface area contributed by atoms with Crippen LogP contribution < -0.4 is 5.32 Å². The van der Waals surface area contributed by atoms with Crippen LogP contribution in [-0.2, 0) is 20.5 Å². The molecular weight excluding hydrogens is 383 g/mol. The second-order valence-electron chi connectivity index (χ2n) is 5.41. The summed E-state index contributed by atoms with van der Waals surface area (Å²) in [5.74, 6) is -1.60. The lowest BCUT2D eigenvalue weighted by Gasteiger charge is -2.18. The number of ether oxygens (including phenoxy) is 1. The van der Waals surface area contributed by atoms with Gasteiger partial charge in [-0.25, -0.2) is 4.79 Å². The van der Waals surface area contributed by atoms with Crippen molar-refractivity contribution in [3.05, 3.63) is 76.8 Å². The Bertz CT molecular complexity index is 851. The molecule has 2 aromatic carbocycles. The minimum Gasteiger partial charge on any atom is -0.444 e. The van der Waals surface area contributed by atoms with Crippen molar-refractivity contribution in [2.45, 2.75) is 19.2 Å². The normalized spacial score (nSPS) is 12.6. The molecule has 0 spiro atoms. The van der Waals surface area contributed by atoms with Crippen molar-refractivity contribution in [1.82, 2.24) is 0 Å². The molecule has 0 aliphatic carbocycles. The van der Waals surface area contributed by atoms with Gasteiger partial charge in [0, 0.05) is 11.6 Å². The van der Waals surface area contributed by atoms with Gasteiger partial charge in [0.1, 0.15) is 0 Å². The summed E-state index contributed by atoms with van der Waals surface area (Å²) in [5.41, 5.74) is -0.847. The lowest BCUT2D eigenvalue weighted by atomic mass is 10.1. The van der Waals surface area contributed by atoms with Crippen molar-refractivity contribution in [2.75, 3.05) is 5.32 Å². The van der Waals surface area contributed by atoms with Crippen LogP contribution in [0.3, 0.4) is 0 Å². The lowest BCUT2D eigenvalue weighted by molar-refractivity contribution is -0.149. The summed E-state index contributed by atoms with van der Waals surface area (Å²) in [4.78, 5) is 24.4. The average Bonchev–Trinajstić information content (AvgIpc) is 2.61. The molecule has 142 valence electrons. The van der Waals surface area contributed by atoms with E-state index in [0.29, 0.717) is 5.56 Å². The summed E-state index contributed by atoms with van der Waals surface area (Å²) in [6.07, 6.45) is -3.39. The van der Waals surface area contributed by atoms with Crippen LogP contribution in [0.25, 0.3) is 0 Å². The van der Waals surface area contributed by atoms with Gasteiger partial charge in [0.25, 0.3) is 5.91 Å². The van der Waals surface area contributed by atoms with Gasteiger partial charge in [-0.2, -0.15) is 13.2 Å². The molecule has 2 aromatic rings. The first-order valence-corrected chi connectivity index (χ1v) is 8.16. The third-order valence-corrected chi connectivity index (χ3v) is 3.76. The van der Waals surface area contributed by atoms with Crippen molar-refractivity contribution >= 4 is 29.2 Å². The number of halogens is 4. The average molecular weight is 398 g/mol. The predicted octanol–water partition coefficient (Wildman–Crippen LogP) is 5.16. The first-order chi connectivity index (χ1) is 12.7. The van der Waals surface area contributed by atoms with Crippen LogP contribution in [0.5, 0.6) is 0 Å². The predicted molar refractivity (Wildman–Crippen MR) is 95.2 cm³/mol. The van der Waals surface area contributed by atoms with Gasteiger partial charge in [0.2, 0.25) is 6.10 Å². The first-order valence-electron chi connectivity index (χ1n) is 7.78. The van der Waals surface area contributed by atoms with Crippen LogP contribution in [0.15, 0.2) is 60.7 Å². The van der Waals surface area contributed by atoms with Gasteiger partial charge in [0.05, 0.1) is 16.3 Å². The maximum atomic E-state index is 12.9. The topological polar surface area (TPSA) is 55.4 Å². The monoisotopic (exact) mass is 397 g/mol. The molecule has 0 bridgehead atoms. The largest absolute Gasteiger partial charge is 0.444 e. The highest BCUT2D eigenvalue weighted by Gasteiger charge is 2.32. The number of anilines is 1. The molecule has 1 atom stereocenters. The Balaban J connectivity index is 2.32. The number of rotatable bonds is 5. The number of hydrogen-bond acceptors (Lipinski definition) is 3. The van der Waals surface area contributed by atoms with Crippen molar-refractivity contribution in [3.63, 3.8) is 0 Å². The number of esters is 1. The van der Waals surface area contributed by atoms with E-state index in [9.17, 15) is 22.8 Å². The van der Waals surface area contributed by atoms with E-state index >= 15 is 0 Å². The number of nitrogens with one attached hydrogen (secondary N) is 1. The van der Waals surface area contributed by atoms with E-state index in [1.165, 1.54) is 6.08 Å². The number of carbonyl (C=O) groups is 2. The molecule has 1 N–H and O–H groups in total. The molecule has 1 amide bonds. The SMILES string of the molecule is C/C=C/C(=O)O[C@H](C(=O)Nc1cc(C(F)(F)F)ccc1Cl)c1ccccc1. The van der Waals surface area contributed by atoms with Crippen molar-refractivity contribution in [1.29, 1.82) is 0 Å². The highest BCUT2D eigenvalue weighted by atomic mass is 35.5. The second kappa shape index (κ2) is 8.73. The summed E-state index contributed by atoms with van der Waals surface area (Å²) < 4.78 is 43.8. The summed E-state index contributed by atoms with van der Waals surface area (Å²) in [5, 5.41) is 2.22. The van der Waals surface area contributed by atoms with Gasteiger partial charge < -0.3 is 10.1 Å². The molecule has 0 unspecified atom stereocenters. The quantitative estimate of drug-likeness (QED) is 0.560. The molecule has 4 nitrogen and oxygen atoms in total. The van der Waals surface area contributed by atoms with E-state index in [0.717, 1.165) is 24.3 Å². The van der Waals surface area contributed by atoms with E-state index in [-0.39, 0.29) is 10.7 Å². The van der Waals surface area contributed by atoms with Crippen LogP contribution in [0.4, 0.5) is 18.9 Å². The number of amides is 1. The number of alkyl halides is 3. The van der Waals surface area contributed by atoms with E-state index in [1.807, 2.05) is 0 Å². The lowest BCUT2D eigenvalue weighted by Crippen LogP contribution is -2.25. The van der Waals surface area contributed by atoms with Crippen LogP contribution in [0.2, 0.25) is 5.02 Å². The number of benzene rings is 2. The van der Waals surface area contributed by atoms with Crippen LogP contribution in [0, 0.1) is 0 Å². The van der Waals surface area contributed by atoms with Crippen LogP contribution in [0.1, 0.15) is 24.2 Å². The maximum absolute atomic E-state index is 12.9. The van der Waals surface area contributed by atoms with Crippen molar-refractivity contribution < 1.29 is 27.5 Å². The molecule has 8 heteroatoms. The maximum Gasteiger partial charge on any atom is 0.416 e. The van der Waals surface area contributed by atoms with Crippen LogP contribution in [-0.4, -0.2) is 11.9 Å². The van der Waals surface area contributed by atoms with E-state index in [1.54, 1.807) is 37.3 Å². The van der Waals surface area contributed by atoms with Crippen LogP contribution >= 0.6 is 11.6 Å². The van der Waals surface area contributed by atoms with Gasteiger partial charge in [0.15, 0.2) is 0 Å². The molecule has 0 aromatic heterocycles. The molecule has 27 heavy (non-hydrogen) atoms. The zero-order valence-electron chi connectivity index (χ0n) is 14.1. The fraction of sp³-hybridized carbons (Fsp3) is 0.158. The number of hydrogen-bond donors (Lipinski definition) is 1.